The van der Waals surface area contributed by atoms with Crippen LogP contribution in [0.5, 0.6) is 0 Å². The molecule has 1 heterocycles. The zero-order valence-corrected chi connectivity index (χ0v) is 9.65. The molecule has 2 unspecified atom stereocenters. The Bertz CT molecular complexity index is 151. The molecule has 0 radical (unpaired) electrons. The molecule has 15 heavy (non-hydrogen) atoms. The summed E-state index contributed by atoms with van der Waals surface area (Å²) in [4.78, 5) is 0. The summed E-state index contributed by atoms with van der Waals surface area (Å²) in [5.41, 5.74) is 0. The summed E-state index contributed by atoms with van der Waals surface area (Å²) in [7, 11) is 0. The van der Waals surface area contributed by atoms with E-state index in [4.69, 9.17) is 14.2 Å². The van der Waals surface area contributed by atoms with E-state index in [2.05, 4.69) is 0 Å². The van der Waals surface area contributed by atoms with Gasteiger partial charge in [0.05, 0.1) is 6.61 Å². The molecule has 4 nitrogen and oxygen atoms in total. The van der Waals surface area contributed by atoms with E-state index < -0.39 is 12.4 Å². The van der Waals surface area contributed by atoms with E-state index in [0.29, 0.717) is 19.8 Å². The Kier molecular flexibility index (Phi) is 6.17. The first-order chi connectivity index (χ1) is 7.29. The fourth-order valence-corrected chi connectivity index (χ4v) is 1.83. The molecular weight excluding hydrogens is 196 g/mol. The van der Waals surface area contributed by atoms with Crippen molar-refractivity contribution in [3.8, 4) is 0 Å². The van der Waals surface area contributed by atoms with Crippen molar-refractivity contribution < 1.29 is 19.3 Å². The molecule has 0 saturated carbocycles. The molecule has 0 aromatic heterocycles. The average molecular weight is 218 g/mol. The molecule has 4 heteroatoms. The van der Waals surface area contributed by atoms with Crippen molar-refractivity contribution in [1.29, 1.82) is 0 Å². The Morgan fingerprint density at radius 3 is 2.47 bits per heavy atom. The maximum absolute atomic E-state index is 10.1. The molecule has 1 aliphatic heterocycles. The van der Waals surface area contributed by atoms with Crippen LogP contribution in [0.2, 0.25) is 0 Å². The second kappa shape index (κ2) is 7.17. The number of aliphatic hydroxyl groups is 1. The number of hydrogen-bond acceptors (Lipinski definition) is 4. The Hall–Kier alpha value is -0.160. The minimum atomic E-state index is -0.579. The average Bonchev–Trinajstić information content (AvgIpc) is 2.29. The Labute approximate surface area is 91.5 Å². The molecule has 90 valence electrons. The summed E-state index contributed by atoms with van der Waals surface area (Å²) < 4.78 is 16.1. The van der Waals surface area contributed by atoms with Crippen molar-refractivity contribution in [3.63, 3.8) is 0 Å². The number of ether oxygens (including phenoxy) is 3. The number of rotatable bonds is 6. The highest BCUT2D eigenvalue weighted by Gasteiger charge is 2.30. The van der Waals surface area contributed by atoms with Crippen molar-refractivity contribution in [2.75, 3.05) is 26.4 Å². The van der Waals surface area contributed by atoms with Crippen LogP contribution in [0, 0.1) is 5.92 Å². The zero-order chi connectivity index (χ0) is 11.1. The molecule has 0 aromatic carbocycles. The Balaban J connectivity index is 2.41. The topological polar surface area (TPSA) is 47.9 Å². The fraction of sp³-hybridized carbons (Fsp3) is 1.00. The van der Waals surface area contributed by atoms with Crippen LogP contribution in [0.25, 0.3) is 0 Å². The van der Waals surface area contributed by atoms with E-state index in [1.165, 1.54) is 0 Å². The van der Waals surface area contributed by atoms with E-state index in [-0.39, 0.29) is 5.92 Å². The molecule has 2 atom stereocenters. The second-order valence-corrected chi connectivity index (χ2v) is 3.75. The minimum absolute atomic E-state index is 0.141. The van der Waals surface area contributed by atoms with Crippen LogP contribution < -0.4 is 0 Å². The van der Waals surface area contributed by atoms with Gasteiger partial charge in [-0.15, -0.1) is 0 Å². The van der Waals surface area contributed by atoms with Crippen LogP contribution in [-0.2, 0) is 14.2 Å². The summed E-state index contributed by atoms with van der Waals surface area (Å²) in [6, 6.07) is 0. The van der Waals surface area contributed by atoms with Crippen molar-refractivity contribution in [3.05, 3.63) is 0 Å². The summed E-state index contributed by atoms with van der Waals surface area (Å²) in [5, 5.41) is 10.1. The molecule has 1 aliphatic rings. The fourth-order valence-electron chi connectivity index (χ4n) is 1.83. The van der Waals surface area contributed by atoms with Gasteiger partial charge in [-0.2, -0.15) is 0 Å². The molecule has 0 aliphatic carbocycles. The van der Waals surface area contributed by atoms with Crippen LogP contribution in [0.3, 0.4) is 0 Å². The molecule has 0 amide bonds. The first-order valence-corrected chi connectivity index (χ1v) is 5.78. The highest BCUT2D eigenvalue weighted by atomic mass is 16.7. The first kappa shape index (κ1) is 12.9. The summed E-state index contributed by atoms with van der Waals surface area (Å²) in [6.07, 6.45) is 0.904. The summed E-state index contributed by atoms with van der Waals surface area (Å²) >= 11 is 0. The number of aliphatic hydroxyl groups excluding tert-OH is 1. The standard InChI is InChI=1S/C11H22O4/c1-3-14-11(15-4-2)10(12)9-6-5-7-13-8-9/h9-12H,3-8H2,1-2H3. The SMILES string of the molecule is CCOC(OCC)C(O)C1CCCOC1. The van der Waals surface area contributed by atoms with E-state index in [1.807, 2.05) is 13.8 Å². The van der Waals surface area contributed by atoms with Crippen molar-refractivity contribution >= 4 is 0 Å². The minimum Gasteiger partial charge on any atom is -0.387 e. The van der Waals surface area contributed by atoms with Crippen molar-refractivity contribution in [2.24, 2.45) is 5.92 Å². The van der Waals surface area contributed by atoms with E-state index in [9.17, 15) is 5.11 Å². The van der Waals surface area contributed by atoms with Crippen LogP contribution in [0.4, 0.5) is 0 Å². The quantitative estimate of drug-likeness (QED) is 0.680. The van der Waals surface area contributed by atoms with Crippen LogP contribution in [0.1, 0.15) is 26.7 Å². The molecule has 0 spiro atoms. The third kappa shape index (κ3) is 4.07. The smallest absolute Gasteiger partial charge is 0.183 e. The van der Waals surface area contributed by atoms with Gasteiger partial charge >= 0.3 is 0 Å². The molecule has 0 aromatic rings. The molecule has 1 N–H and O–H groups in total. The molecule has 1 fully saturated rings. The van der Waals surface area contributed by atoms with Gasteiger partial charge in [0.1, 0.15) is 6.10 Å². The van der Waals surface area contributed by atoms with E-state index >= 15 is 0 Å². The van der Waals surface area contributed by atoms with Gasteiger partial charge in [0.25, 0.3) is 0 Å². The number of hydrogen-bond donors (Lipinski definition) is 1. The normalized spacial score (nSPS) is 24.4. The van der Waals surface area contributed by atoms with Crippen LogP contribution >= 0.6 is 0 Å². The summed E-state index contributed by atoms with van der Waals surface area (Å²) in [6.45, 7) is 6.31. The van der Waals surface area contributed by atoms with Crippen LogP contribution in [0.15, 0.2) is 0 Å². The van der Waals surface area contributed by atoms with Crippen molar-refractivity contribution in [1.82, 2.24) is 0 Å². The van der Waals surface area contributed by atoms with E-state index in [1.54, 1.807) is 0 Å². The lowest BCUT2D eigenvalue weighted by Crippen LogP contribution is -2.41. The van der Waals surface area contributed by atoms with Gasteiger partial charge in [-0.1, -0.05) is 0 Å². The largest absolute Gasteiger partial charge is 0.387 e. The Morgan fingerprint density at radius 2 is 2.00 bits per heavy atom. The van der Waals surface area contributed by atoms with Gasteiger partial charge in [0.2, 0.25) is 0 Å². The van der Waals surface area contributed by atoms with Gasteiger partial charge in [-0.05, 0) is 26.7 Å². The second-order valence-electron chi connectivity index (χ2n) is 3.75. The molecular formula is C11H22O4. The molecule has 1 saturated heterocycles. The highest BCUT2D eigenvalue weighted by molar-refractivity contribution is 4.74. The lowest BCUT2D eigenvalue weighted by molar-refractivity contribution is -0.209. The van der Waals surface area contributed by atoms with Crippen LogP contribution in [-0.4, -0.2) is 43.9 Å². The monoisotopic (exact) mass is 218 g/mol. The molecule has 0 bridgehead atoms. The summed E-state index contributed by atoms with van der Waals surface area (Å²) in [5.74, 6) is 0.141. The predicted molar refractivity (Wildman–Crippen MR) is 56.6 cm³/mol. The van der Waals surface area contributed by atoms with Gasteiger partial charge < -0.3 is 19.3 Å². The third-order valence-electron chi connectivity index (χ3n) is 2.62. The van der Waals surface area contributed by atoms with Crippen molar-refractivity contribution in [2.45, 2.75) is 39.1 Å². The molecule has 1 rings (SSSR count). The maximum atomic E-state index is 10.1. The lowest BCUT2D eigenvalue weighted by Gasteiger charge is -2.31. The van der Waals surface area contributed by atoms with Gasteiger partial charge in [0, 0.05) is 25.7 Å². The Morgan fingerprint density at radius 1 is 1.33 bits per heavy atom. The lowest BCUT2D eigenvalue weighted by atomic mass is 9.95. The van der Waals surface area contributed by atoms with Gasteiger partial charge in [-0.25, -0.2) is 0 Å². The maximum Gasteiger partial charge on any atom is 0.183 e. The van der Waals surface area contributed by atoms with Gasteiger partial charge in [0.15, 0.2) is 6.29 Å². The van der Waals surface area contributed by atoms with E-state index in [0.717, 1.165) is 19.4 Å². The third-order valence-corrected chi connectivity index (χ3v) is 2.62. The van der Waals surface area contributed by atoms with Gasteiger partial charge in [-0.3, -0.25) is 0 Å². The predicted octanol–water partition coefficient (Wildman–Crippen LogP) is 1.17. The first-order valence-electron chi connectivity index (χ1n) is 5.78. The zero-order valence-electron chi connectivity index (χ0n) is 9.65. The highest BCUT2D eigenvalue weighted by Crippen LogP contribution is 2.21.